The van der Waals surface area contributed by atoms with E-state index in [0.29, 0.717) is 6.04 Å². The SMILES string of the molecule is CN(C)Cc1cccc(NC2CCCN(C)C2)c1. The van der Waals surface area contributed by atoms with E-state index in [2.05, 4.69) is 60.5 Å². The van der Waals surface area contributed by atoms with Crippen LogP contribution < -0.4 is 5.32 Å². The van der Waals surface area contributed by atoms with Crippen molar-refractivity contribution in [1.29, 1.82) is 0 Å². The lowest BCUT2D eigenvalue weighted by Gasteiger charge is -2.31. The van der Waals surface area contributed by atoms with Gasteiger partial charge in [-0.15, -0.1) is 0 Å². The van der Waals surface area contributed by atoms with Gasteiger partial charge in [0.15, 0.2) is 0 Å². The fourth-order valence-electron chi connectivity index (χ4n) is 2.64. The zero-order valence-electron chi connectivity index (χ0n) is 11.8. The molecule has 1 heterocycles. The van der Waals surface area contributed by atoms with Crippen molar-refractivity contribution in [2.45, 2.75) is 25.4 Å². The van der Waals surface area contributed by atoms with Crippen LogP contribution in [0.1, 0.15) is 18.4 Å². The Labute approximate surface area is 111 Å². The fraction of sp³-hybridized carbons (Fsp3) is 0.600. The van der Waals surface area contributed by atoms with Crippen molar-refractivity contribution in [2.75, 3.05) is 39.5 Å². The number of nitrogens with one attached hydrogen (secondary N) is 1. The van der Waals surface area contributed by atoms with E-state index >= 15 is 0 Å². The third-order valence-electron chi connectivity index (χ3n) is 3.42. The molecule has 100 valence electrons. The first kappa shape index (κ1) is 13.4. The summed E-state index contributed by atoms with van der Waals surface area (Å²) in [7, 11) is 6.42. The fourth-order valence-corrected chi connectivity index (χ4v) is 2.64. The van der Waals surface area contributed by atoms with Crippen molar-refractivity contribution in [3.8, 4) is 0 Å². The lowest BCUT2D eigenvalue weighted by molar-refractivity contribution is 0.261. The summed E-state index contributed by atoms with van der Waals surface area (Å²) >= 11 is 0. The van der Waals surface area contributed by atoms with E-state index in [0.717, 1.165) is 13.1 Å². The number of hydrogen-bond donors (Lipinski definition) is 1. The van der Waals surface area contributed by atoms with E-state index in [1.807, 2.05) is 0 Å². The molecule has 1 aromatic rings. The Bertz CT molecular complexity index is 376. The van der Waals surface area contributed by atoms with Gasteiger partial charge in [0.2, 0.25) is 0 Å². The molecule has 0 amide bonds. The Hall–Kier alpha value is -1.06. The van der Waals surface area contributed by atoms with Gasteiger partial charge in [0.05, 0.1) is 0 Å². The highest BCUT2D eigenvalue weighted by Crippen LogP contribution is 2.17. The molecule has 1 fully saturated rings. The average molecular weight is 247 g/mol. The Balaban J connectivity index is 1.96. The number of likely N-dealkylation sites (tertiary alicyclic amines) is 1. The van der Waals surface area contributed by atoms with E-state index in [-0.39, 0.29) is 0 Å². The standard InChI is InChI=1S/C15H25N3/c1-17(2)11-13-6-4-7-14(10-13)16-15-8-5-9-18(3)12-15/h4,6-7,10,15-16H,5,8-9,11-12H2,1-3H3. The van der Waals surface area contributed by atoms with E-state index in [4.69, 9.17) is 0 Å². The Morgan fingerprint density at radius 2 is 2.22 bits per heavy atom. The molecule has 0 radical (unpaired) electrons. The van der Waals surface area contributed by atoms with Crippen LogP contribution in [-0.4, -0.2) is 50.1 Å². The van der Waals surface area contributed by atoms with Crippen molar-refractivity contribution in [1.82, 2.24) is 9.80 Å². The largest absolute Gasteiger partial charge is 0.381 e. The maximum atomic E-state index is 3.66. The minimum Gasteiger partial charge on any atom is -0.381 e. The third kappa shape index (κ3) is 4.00. The second-order valence-corrected chi connectivity index (χ2v) is 5.68. The quantitative estimate of drug-likeness (QED) is 0.880. The minimum atomic E-state index is 0.596. The molecular formula is C15H25N3. The molecule has 18 heavy (non-hydrogen) atoms. The van der Waals surface area contributed by atoms with Gasteiger partial charge in [-0.1, -0.05) is 12.1 Å². The predicted molar refractivity (Wildman–Crippen MR) is 78.0 cm³/mol. The first-order valence-electron chi connectivity index (χ1n) is 6.82. The van der Waals surface area contributed by atoms with Crippen LogP contribution in [-0.2, 0) is 6.54 Å². The molecule has 1 aliphatic rings. The van der Waals surface area contributed by atoms with Crippen LogP contribution in [0.5, 0.6) is 0 Å². The zero-order chi connectivity index (χ0) is 13.0. The molecule has 3 heteroatoms. The second-order valence-electron chi connectivity index (χ2n) is 5.68. The molecule has 1 saturated heterocycles. The predicted octanol–water partition coefficient (Wildman–Crippen LogP) is 2.25. The molecule has 1 N–H and O–H groups in total. The van der Waals surface area contributed by atoms with Gasteiger partial charge < -0.3 is 15.1 Å². The summed E-state index contributed by atoms with van der Waals surface area (Å²) in [6.07, 6.45) is 2.58. The zero-order valence-corrected chi connectivity index (χ0v) is 11.8. The number of nitrogens with zero attached hydrogens (tertiary/aromatic N) is 2. The van der Waals surface area contributed by atoms with Gasteiger partial charge in [-0.3, -0.25) is 0 Å². The molecule has 0 aliphatic carbocycles. The van der Waals surface area contributed by atoms with Crippen molar-refractivity contribution in [3.63, 3.8) is 0 Å². The molecule has 0 bridgehead atoms. The normalized spacial score (nSPS) is 21.2. The van der Waals surface area contributed by atoms with Gasteiger partial charge >= 0.3 is 0 Å². The number of hydrogen-bond acceptors (Lipinski definition) is 3. The van der Waals surface area contributed by atoms with Crippen molar-refractivity contribution in [3.05, 3.63) is 29.8 Å². The minimum absolute atomic E-state index is 0.596. The molecule has 1 aliphatic heterocycles. The smallest absolute Gasteiger partial charge is 0.0388 e. The Morgan fingerprint density at radius 3 is 2.94 bits per heavy atom. The average Bonchev–Trinajstić information content (AvgIpc) is 2.28. The van der Waals surface area contributed by atoms with Gasteiger partial charge in [0, 0.05) is 24.8 Å². The van der Waals surface area contributed by atoms with E-state index in [1.165, 1.54) is 30.6 Å². The highest BCUT2D eigenvalue weighted by molar-refractivity contribution is 5.46. The summed E-state index contributed by atoms with van der Waals surface area (Å²) in [5.41, 5.74) is 2.63. The van der Waals surface area contributed by atoms with E-state index < -0.39 is 0 Å². The lowest BCUT2D eigenvalue weighted by Crippen LogP contribution is -2.39. The summed E-state index contributed by atoms with van der Waals surface area (Å²) in [4.78, 5) is 4.61. The first-order valence-corrected chi connectivity index (χ1v) is 6.82. The van der Waals surface area contributed by atoms with Gasteiger partial charge in [-0.2, -0.15) is 0 Å². The number of likely N-dealkylation sites (N-methyl/N-ethyl adjacent to an activating group) is 1. The summed E-state index contributed by atoms with van der Waals surface area (Å²) in [6, 6.07) is 9.38. The van der Waals surface area contributed by atoms with E-state index in [9.17, 15) is 0 Å². The van der Waals surface area contributed by atoms with Gasteiger partial charge in [-0.25, -0.2) is 0 Å². The Kier molecular flexibility index (Phi) is 4.61. The van der Waals surface area contributed by atoms with Crippen LogP contribution in [0.2, 0.25) is 0 Å². The summed E-state index contributed by atoms with van der Waals surface area (Å²) < 4.78 is 0. The molecule has 1 aromatic carbocycles. The molecule has 1 unspecified atom stereocenters. The lowest BCUT2D eigenvalue weighted by atomic mass is 10.1. The van der Waals surface area contributed by atoms with Gasteiger partial charge in [0.25, 0.3) is 0 Å². The number of piperidine rings is 1. The summed E-state index contributed by atoms with van der Waals surface area (Å²) in [6.45, 7) is 3.39. The maximum absolute atomic E-state index is 3.66. The summed E-state index contributed by atoms with van der Waals surface area (Å²) in [5, 5.41) is 3.66. The summed E-state index contributed by atoms with van der Waals surface area (Å²) in [5.74, 6) is 0. The van der Waals surface area contributed by atoms with Gasteiger partial charge in [-0.05, 0) is 58.2 Å². The van der Waals surface area contributed by atoms with Crippen LogP contribution in [0.4, 0.5) is 5.69 Å². The van der Waals surface area contributed by atoms with Crippen molar-refractivity contribution in [2.24, 2.45) is 0 Å². The monoisotopic (exact) mass is 247 g/mol. The molecule has 0 spiro atoms. The second kappa shape index (κ2) is 6.21. The van der Waals surface area contributed by atoms with Crippen LogP contribution in [0.25, 0.3) is 0 Å². The molecule has 2 rings (SSSR count). The molecule has 1 atom stereocenters. The van der Waals surface area contributed by atoms with Gasteiger partial charge in [0.1, 0.15) is 0 Å². The van der Waals surface area contributed by atoms with E-state index in [1.54, 1.807) is 0 Å². The molecule has 0 aromatic heterocycles. The first-order chi connectivity index (χ1) is 8.63. The number of anilines is 1. The van der Waals surface area contributed by atoms with Crippen molar-refractivity contribution < 1.29 is 0 Å². The van der Waals surface area contributed by atoms with Crippen LogP contribution in [0.3, 0.4) is 0 Å². The Morgan fingerprint density at radius 1 is 1.39 bits per heavy atom. The number of benzene rings is 1. The topological polar surface area (TPSA) is 18.5 Å². The van der Waals surface area contributed by atoms with Crippen molar-refractivity contribution >= 4 is 5.69 Å². The van der Waals surface area contributed by atoms with Crippen LogP contribution in [0.15, 0.2) is 24.3 Å². The molecule has 3 nitrogen and oxygen atoms in total. The highest BCUT2D eigenvalue weighted by Gasteiger charge is 2.16. The number of rotatable bonds is 4. The molecule has 0 saturated carbocycles. The highest BCUT2D eigenvalue weighted by atomic mass is 15.1. The molecular weight excluding hydrogens is 222 g/mol. The maximum Gasteiger partial charge on any atom is 0.0388 e. The third-order valence-corrected chi connectivity index (χ3v) is 3.42. The van der Waals surface area contributed by atoms with Crippen LogP contribution >= 0.6 is 0 Å². The van der Waals surface area contributed by atoms with Crippen LogP contribution in [0, 0.1) is 0 Å².